The average molecular weight is 819 g/mol. The minimum absolute atomic E-state index is 0.0283. The summed E-state index contributed by atoms with van der Waals surface area (Å²) < 4.78 is 20.2. The lowest BCUT2D eigenvalue weighted by molar-refractivity contribution is -0.150. The summed E-state index contributed by atoms with van der Waals surface area (Å²) in [4.78, 5) is 72.7. The van der Waals surface area contributed by atoms with Gasteiger partial charge in [0.1, 0.15) is 22.6 Å². The van der Waals surface area contributed by atoms with E-state index in [0.717, 1.165) is 37.0 Å². The molecule has 0 radical (unpaired) electrons. The number of amides is 3. The van der Waals surface area contributed by atoms with Gasteiger partial charge in [-0.2, -0.15) is 0 Å². The lowest BCUT2D eigenvalue weighted by Gasteiger charge is -2.40. The molecule has 320 valence electrons. The van der Waals surface area contributed by atoms with Crippen molar-refractivity contribution < 1.29 is 38.2 Å². The molecular formula is C42H67FN6O7S. The lowest BCUT2D eigenvalue weighted by atomic mass is 9.84. The summed E-state index contributed by atoms with van der Waals surface area (Å²) in [5, 5.41) is 17.6. The summed E-state index contributed by atoms with van der Waals surface area (Å²) in [5.74, 6) is -3.78. The van der Waals surface area contributed by atoms with Crippen molar-refractivity contribution in [3.05, 3.63) is 45.7 Å². The van der Waals surface area contributed by atoms with Crippen molar-refractivity contribution in [3.8, 4) is 0 Å². The summed E-state index contributed by atoms with van der Waals surface area (Å²) in [6.45, 7) is 18.2. The normalized spacial score (nSPS) is 15.5. The van der Waals surface area contributed by atoms with Gasteiger partial charge in [-0.25, -0.2) is 9.37 Å². The number of unbranched alkanes of at least 4 members (excludes halogenated alkanes) is 3. The van der Waals surface area contributed by atoms with Gasteiger partial charge in [-0.1, -0.05) is 73.3 Å². The first-order chi connectivity index (χ1) is 26.6. The minimum atomic E-state index is -1.22. The first kappa shape index (κ1) is 49.0. The molecule has 0 spiro atoms. The van der Waals surface area contributed by atoms with Crippen LogP contribution in [0.15, 0.2) is 23.6 Å². The van der Waals surface area contributed by atoms with E-state index in [1.165, 1.54) is 24.4 Å². The molecule has 2 aromatic rings. The van der Waals surface area contributed by atoms with Crippen molar-refractivity contribution in [1.29, 1.82) is 0 Å². The van der Waals surface area contributed by atoms with Crippen LogP contribution in [0.2, 0.25) is 0 Å². The molecule has 1 heterocycles. The Morgan fingerprint density at radius 1 is 1.04 bits per heavy atom. The molecule has 0 bridgehead atoms. The van der Waals surface area contributed by atoms with Crippen LogP contribution in [0.3, 0.4) is 0 Å². The number of hydrogen-bond acceptors (Lipinski definition) is 10. The van der Waals surface area contributed by atoms with Crippen molar-refractivity contribution in [1.82, 2.24) is 20.5 Å². The number of carbonyl (C=O) groups excluding carboxylic acids is 4. The fourth-order valence-electron chi connectivity index (χ4n) is 6.51. The molecule has 1 aromatic carbocycles. The topological polar surface area (TPSA) is 207 Å². The average Bonchev–Trinajstić information content (AvgIpc) is 3.64. The van der Waals surface area contributed by atoms with Crippen LogP contribution in [0.25, 0.3) is 0 Å². The first-order valence-electron chi connectivity index (χ1n) is 20.2. The highest BCUT2D eigenvalue weighted by atomic mass is 32.1. The maximum atomic E-state index is 14.7. The van der Waals surface area contributed by atoms with E-state index in [9.17, 15) is 33.5 Å². The molecule has 0 saturated carbocycles. The number of halogens is 1. The Kier molecular flexibility index (Phi) is 19.1. The third-order valence-corrected chi connectivity index (χ3v) is 11.7. The van der Waals surface area contributed by atoms with Gasteiger partial charge in [0, 0.05) is 37.4 Å². The number of nitrogen functional groups attached to an aromatic ring is 1. The van der Waals surface area contributed by atoms with Crippen LogP contribution in [0.5, 0.6) is 0 Å². The van der Waals surface area contributed by atoms with E-state index in [1.807, 2.05) is 39.5 Å². The molecule has 2 rings (SSSR count). The predicted octanol–water partition coefficient (Wildman–Crippen LogP) is 6.79. The van der Waals surface area contributed by atoms with Crippen LogP contribution in [0.1, 0.15) is 148 Å². The van der Waals surface area contributed by atoms with E-state index in [-0.39, 0.29) is 48.4 Å². The maximum absolute atomic E-state index is 14.7. The molecule has 0 aliphatic carbocycles. The van der Waals surface area contributed by atoms with Crippen molar-refractivity contribution >= 4 is 46.7 Å². The summed E-state index contributed by atoms with van der Waals surface area (Å²) in [7, 11) is 0. The van der Waals surface area contributed by atoms with Gasteiger partial charge in [-0.3, -0.25) is 24.0 Å². The zero-order valence-corrected chi connectivity index (χ0v) is 36.4. The van der Waals surface area contributed by atoms with E-state index < -0.39 is 64.8 Å². The summed E-state index contributed by atoms with van der Waals surface area (Å²) in [5.41, 5.74) is 10.1. The second-order valence-electron chi connectivity index (χ2n) is 16.5. The Bertz CT molecular complexity index is 1660. The number of aliphatic carboxylic acids is 1. The van der Waals surface area contributed by atoms with Crippen LogP contribution >= 0.6 is 11.3 Å². The molecular weight excluding hydrogens is 752 g/mol. The standard InChI is InChI=1S/C42H67FN6O7S/c1-11-14-15-16-19-49(38(52)35(26(6)12-2)48-39(53)42(10,45)13-3)33(25(4)5)22-34(56-27(7)50)37-47-32(24-57-37)36(51)46-29(23-41(8,9)40(54)55)20-28-17-18-31(44)30(43)21-28/h17-18,21,24-26,29,33-35H,11-16,19-20,22-23,44-45H2,1-10H3,(H,46,51)(H,48,53)(H,54,55)/t26-,29-,33+,34+,35-,42+/m0/s1. The van der Waals surface area contributed by atoms with Crippen LogP contribution in [0.4, 0.5) is 10.1 Å². The van der Waals surface area contributed by atoms with E-state index in [1.54, 1.807) is 26.8 Å². The van der Waals surface area contributed by atoms with E-state index in [2.05, 4.69) is 22.5 Å². The molecule has 7 N–H and O–H groups in total. The third kappa shape index (κ3) is 14.7. The smallest absolute Gasteiger partial charge is 0.309 e. The van der Waals surface area contributed by atoms with E-state index in [0.29, 0.717) is 30.0 Å². The zero-order valence-electron chi connectivity index (χ0n) is 35.6. The molecule has 6 atom stereocenters. The van der Waals surface area contributed by atoms with Gasteiger partial charge in [0.15, 0.2) is 6.10 Å². The lowest BCUT2D eigenvalue weighted by Crippen LogP contribution is -2.60. The molecule has 0 aliphatic heterocycles. The molecule has 13 nitrogen and oxygen atoms in total. The fraction of sp³-hybridized carbons (Fsp3) is 0.667. The van der Waals surface area contributed by atoms with Gasteiger partial charge < -0.3 is 36.8 Å². The number of carbonyl (C=O) groups is 5. The number of benzene rings is 1. The molecule has 0 unspecified atom stereocenters. The van der Waals surface area contributed by atoms with Crippen LogP contribution < -0.4 is 22.1 Å². The van der Waals surface area contributed by atoms with Crippen molar-refractivity contribution in [2.45, 2.75) is 157 Å². The monoisotopic (exact) mass is 818 g/mol. The minimum Gasteiger partial charge on any atom is -0.481 e. The first-order valence-corrected chi connectivity index (χ1v) is 21.1. The Morgan fingerprint density at radius 3 is 2.25 bits per heavy atom. The number of ether oxygens (including phenoxy) is 1. The molecule has 1 aromatic heterocycles. The Hall–Kier alpha value is -4.11. The number of carboxylic acid groups (broad SMARTS) is 1. The molecule has 57 heavy (non-hydrogen) atoms. The number of thiazole rings is 1. The maximum Gasteiger partial charge on any atom is 0.309 e. The number of nitrogens with two attached hydrogens (primary N) is 2. The fourth-order valence-corrected chi connectivity index (χ4v) is 7.35. The second kappa shape index (κ2) is 22.2. The highest BCUT2D eigenvalue weighted by Gasteiger charge is 2.39. The second-order valence-corrected chi connectivity index (χ2v) is 17.4. The highest BCUT2D eigenvalue weighted by molar-refractivity contribution is 7.09. The predicted molar refractivity (Wildman–Crippen MR) is 222 cm³/mol. The van der Waals surface area contributed by atoms with Gasteiger partial charge >= 0.3 is 11.9 Å². The van der Waals surface area contributed by atoms with Gasteiger partial charge in [0.25, 0.3) is 5.91 Å². The quantitative estimate of drug-likeness (QED) is 0.0426. The summed E-state index contributed by atoms with van der Waals surface area (Å²) in [6.07, 6.45) is 4.07. The Labute approximate surface area is 342 Å². The van der Waals surface area contributed by atoms with Gasteiger partial charge in [-0.15, -0.1) is 11.3 Å². The van der Waals surface area contributed by atoms with E-state index >= 15 is 0 Å². The van der Waals surface area contributed by atoms with Crippen LogP contribution in [-0.2, 0) is 30.3 Å². The third-order valence-electron chi connectivity index (χ3n) is 10.7. The highest BCUT2D eigenvalue weighted by Crippen LogP contribution is 2.32. The molecule has 0 aliphatic rings. The number of rotatable bonds is 24. The van der Waals surface area contributed by atoms with Crippen LogP contribution in [0, 0.1) is 23.1 Å². The number of aromatic nitrogens is 1. The summed E-state index contributed by atoms with van der Waals surface area (Å²) >= 11 is 1.13. The summed E-state index contributed by atoms with van der Waals surface area (Å²) in [6, 6.07) is 2.29. The van der Waals surface area contributed by atoms with Crippen LogP contribution in [-0.4, -0.2) is 74.9 Å². The van der Waals surface area contributed by atoms with Crippen molar-refractivity contribution in [3.63, 3.8) is 0 Å². The van der Waals surface area contributed by atoms with Gasteiger partial charge in [0.05, 0.1) is 16.6 Å². The molecule has 3 amide bonds. The van der Waals surface area contributed by atoms with Gasteiger partial charge in [-0.05, 0) is 76.0 Å². The number of esters is 1. The number of nitrogens with one attached hydrogen (secondary N) is 2. The largest absolute Gasteiger partial charge is 0.481 e. The Morgan fingerprint density at radius 2 is 1.70 bits per heavy atom. The van der Waals surface area contributed by atoms with Crippen molar-refractivity contribution in [2.75, 3.05) is 12.3 Å². The Balaban J connectivity index is 2.52. The van der Waals surface area contributed by atoms with Crippen molar-refractivity contribution in [2.24, 2.45) is 23.0 Å². The van der Waals surface area contributed by atoms with Gasteiger partial charge in [0.2, 0.25) is 11.8 Å². The molecule has 0 saturated heterocycles. The zero-order chi connectivity index (χ0) is 43.2. The number of hydrogen-bond donors (Lipinski definition) is 5. The molecule has 0 fully saturated rings. The molecule has 15 heteroatoms. The SMILES string of the molecule is CCCCCCN(C(=O)[C@@H](NC(=O)[C@](C)(N)CC)[C@@H](C)CC)[C@H](C[C@@H](OC(C)=O)c1nc(C(=O)N[C@@H](Cc2ccc(N)c(F)c2)CC(C)(C)C(=O)O)cs1)C(C)C. The number of nitrogens with zero attached hydrogens (tertiary/aromatic N) is 2. The van der Waals surface area contributed by atoms with E-state index in [4.69, 9.17) is 16.2 Å². The number of anilines is 1. The number of carboxylic acids is 1.